The number of benzene rings is 1. The monoisotopic (exact) mass is 451 g/mol. The zero-order chi connectivity index (χ0) is 22.1. The minimum absolute atomic E-state index is 0.0719. The van der Waals surface area contributed by atoms with E-state index in [0.29, 0.717) is 17.2 Å². The zero-order valence-electron chi connectivity index (χ0n) is 18.5. The minimum atomic E-state index is -3.81. The molecule has 4 aliphatic rings. The summed E-state index contributed by atoms with van der Waals surface area (Å²) < 4.78 is 33.1. The molecule has 168 valence electrons. The van der Waals surface area contributed by atoms with E-state index in [9.17, 15) is 8.42 Å². The van der Waals surface area contributed by atoms with Crippen LogP contribution in [0.15, 0.2) is 47.5 Å². The summed E-state index contributed by atoms with van der Waals surface area (Å²) in [6.45, 7) is 3.52. The van der Waals surface area contributed by atoms with Gasteiger partial charge in [-0.15, -0.1) is 0 Å². The number of aryl methyl sites for hydroxylation is 1. The summed E-state index contributed by atoms with van der Waals surface area (Å²) in [5, 5.41) is 9.23. The molecule has 0 aliphatic heterocycles. The van der Waals surface area contributed by atoms with Gasteiger partial charge in [0.1, 0.15) is 4.90 Å². The summed E-state index contributed by atoms with van der Waals surface area (Å²) in [7, 11) is -3.81. The molecule has 7 nitrogen and oxygen atoms in total. The van der Waals surface area contributed by atoms with Gasteiger partial charge in [-0.3, -0.25) is 9.40 Å². The van der Waals surface area contributed by atoms with Gasteiger partial charge in [0.15, 0.2) is 5.82 Å². The van der Waals surface area contributed by atoms with Crippen molar-refractivity contribution in [1.82, 2.24) is 19.6 Å². The molecule has 2 aromatic heterocycles. The molecule has 3 aromatic rings. The van der Waals surface area contributed by atoms with Crippen molar-refractivity contribution in [1.29, 1.82) is 0 Å². The van der Waals surface area contributed by atoms with Crippen LogP contribution in [0.5, 0.6) is 0 Å². The molecule has 8 heteroatoms. The van der Waals surface area contributed by atoms with Crippen LogP contribution in [0.3, 0.4) is 0 Å². The SMILES string of the molecule is Cc1nn(-c2ccccc2)c(C)c1S(=O)(=O)Nc1ccn(C23CC4CC(CC(C4)C2)C3)n1. The number of nitrogens with one attached hydrogen (secondary N) is 1. The van der Waals surface area contributed by atoms with Gasteiger partial charge in [0, 0.05) is 12.3 Å². The molecule has 0 saturated heterocycles. The Labute approximate surface area is 188 Å². The molecule has 32 heavy (non-hydrogen) atoms. The van der Waals surface area contributed by atoms with Crippen molar-refractivity contribution < 1.29 is 8.42 Å². The first-order chi connectivity index (χ1) is 15.3. The molecule has 4 fully saturated rings. The summed E-state index contributed by atoms with van der Waals surface area (Å²) in [5.74, 6) is 2.80. The van der Waals surface area contributed by atoms with E-state index < -0.39 is 10.0 Å². The third kappa shape index (κ3) is 3.10. The normalized spacial score (nSPS) is 28.9. The van der Waals surface area contributed by atoms with Gasteiger partial charge in [0.05, 0.1) is 22.6 Å². The standard InChI is InChI=1S/C24H29N5O2S/c1-16-23(17(2)29(25-16)21-6-4-3-5-7-21)32(30,31)27-22-8-9-28(26-22)24-13-18-10-19(14-24)12-20(11-18)15-24/h3-9,18-20H,10-15H2,1-2H3,(H,26,27). The van der Waals surface area contributed by atoms with Crippen LogP contribution in [-0.4, -0.2) is 28.0 Å². The smallest absolute Gasteiger partial charge is 0.264 e. The van der Waals surface area contributed by atoms with Crippen molar-refractivity contribution in [2.45, 2.75) is 62.8 Å². The van der Waals surface area contributed by atoms with E-state index in [1.807, 2.05) is 36.5 Å². The first kappa shape index (κ1) is 20.0. The average Bonchev–Trinajstić information content (AvgIpc) is 3.32. The molecule has 7 rings (SSSR count). The van der Waals surface area contributed by atoms with Crippen LogP contribution >= 0.6 is 0 Å². The second kappa shape index (κ2) is 6.94. The maximum absolute atomic E-state index is 13.3. The third-order valence-corrected chi connectivity index (χ3v) is 9.42. The van der Waals surface area contributed by atoms with Gasteiger partial charge >= 0.3 is 0 Å². The van der Waals surface area contributed by atoms with E-state index in [0.717, 1.165) is 23.4 Å². The Morgan fingerprint density at radius 3 is 2.19 bits per heavy atom. The van der Waals surface area contributed by atoms with Crippen LogP contribution in [0.25, 0.3) is 5.69 Å². The van der Waals surface area contributed by atoms with Gasteiger partial charge in [-0.25, -0.2) is 13.1 Å². The lowest BCUT2D eigenvalue weighted by atomic mass is 9.53. The fraction of sp³-hybridized carbons (Fsp3) is 0.500. The fourth-order valence-corrected chi connectivity index (χ4v) is 8.41. The third-order valence-electron chi connectivity index (χ3n) is 7.81. The van der Waals surface area contributed by atoms with Gasteiger partial charge in [-0.2, -0.15) is 10.2 Å². The number of rotatable bonds is 5. The minimum Gasteiger partial charge on any atom is -0.264 e. The average molecular weight is 452 g/mol. The first-order valence-electron chi connectivity index (χ1n) is 11.5. The number of aromatic nitrogens is 4. The predicted octanol–water partition coefficient (Wildman–Crippen LogP) is 4.41. The van der Waals surface area contributed by atoms with Gasteiger partial charge in [0.25, 0.3) is 10.0 Å². The van der Waals surface area contributed by atoms with Crippen LogP contribution in [0.2, 0.25) is 0 Å². The van der Waals surface area contributed by atoms with Crippen molar-refractivity contribution in [3.63, 3.8) is 0 Å². The molecule has 4 aliphatic carbocycles. The van der Waals surface area contributed by atoms with E-state index >= 15 is 0 Å². The van der Waals surface area contributed by atoms with Crippen LogP contribution in [0.1, 0.15) is 49.9 Å². The highest BCUT2D eigenvalue weighted by atomic mass is 32.2. The lowest BCUT2D eigenvalue weighted by molar-refractivity contribution is -0.0492. The molecule has 0 amide bonds. The number of hydrogen-bond donors (Lipinski definition) is 1. The molecule has 2 heterocycles. The van der Waals surface area contributed by atoms with E-state index in [1.54, 1.807) is 24.6 Å². The van der Waals surface area contributed by atoms with Crippen LogP contribution in [0.4, 0.5) is 5.82 Å². The molecular weight excluding hydrogens is 422 g/mol. The Morgan fingerprint density at radius 1 is 0.938 bits per heavy atom. The van der Waals surface area contributed by atoms with Crippen LogP contribution in [-0.2, 0) is 15.6 Å². The number of para-hydroxylation sites is 1. The topological polar surface area (TPSA) is 81.8 Å². The van der Waals surface area contributed by atoms with Gasteiger partial charge in [-0.05, 0) is 82.3 Å². The molecule has 4 bridgehead atoms. The van der Waals surface area contributed by atoms with Crippen molar-refractivity contribution >= 4 is 15.8 Å². The van der Waals surface area contributed by atoms with Crippen molar-refractivity contribution in [3.8, 4) is 5.69 Å². The maximum Gasteiger partial charge on any atom is 0.266 e. The summed E-state index contributed by atoms with van der Waals surface area (Å²) >= 11 is 0. The second-order valence-electron chi connectivity index (χ2n) is 10.1. The Hall–Kier alpha value is -2.61. The first-order valence-corrected chi connectivity index (χ1v) is 13.0. The number of anilines is 1. The molecule has 0 unspecified atom stereocenters. The van der Waals surface area contributed by atoms with Crippen molar-refractivity contribution in [2.75, 3.05) is 4.72 Å². The van der Waals surface area contributed by atoms with E-state index in [4.69, 9.17) is 5.10 Å². The lowest BCUT2D eigenvalue weighted by Crippen LogP contribution is -2.52. The number of hydrogen-bond acceptors (Lipinski definition) is 4. The quantitative estimate of drug-likeness (QED) is 0.623. The summed E-state index contributed by atoms with van der Waals surface area (Å²) in [5.41, 5.74) is 1.96. The molecule has 1 N–H and O–H groups in total. The lowest BCUT2D eigenvalue weighted by Gasteiger charge is -2.56. The van der Waals surface area contributed by atoms with Crippen molar-refractivity contribution in [2.24, 2.45) is 17.8 Å². The number of nitrogens with zero attached hydrogens (tertiary/aromatic N) is 4. The molecule has 0 radical (unpaired) electrons. The Morgan fingerprint density at radius 2 is 1.56 bits per heavy atom. The summed E-state index contributed by atoms with van der Waals surface area (Å²) in [6, 6.07) is 11.4. The van der Waals surface area contributed by atoms with Gasteiger partial charge in [-0.1, -0.05) is 18.2 Å². The number of sulfonamides is 1. The summed E-state index contributed by atoms with van der Waals surface area (Å²) in [4.78, 5) is 0.214. The maximum atomic E-state index is 13.3. The fourth-order valence-electron chi connectivity index (χ4n) is 7.01. The Bertz CT molecular complexity index is 1240. The second-order valence-corrected chi connectivity index (χ2v) is 11.8. The van der Waals surface area contributed by atoms with Crippen molar-refractivity contribution in [3.05, 3.63) is 54.0 Å². The van der Waals surface area contributed by atoms with E-state index in [2.05, 4.69) is 14.5 Å². The van der Waals surface area contributed by atoms with E-state index in [1.165, 1.54) is 38.5 Å². The van der Waals surface area contributed by atoms with Gasteiger partial charge < -0.3 is 0 Å². The Balaban J connectivity index is 1.29. The van der Waals surface area contributed by atoms with Crippen LogP contribution < -0.4 is 4.72 Å². The molecule has 0 spiro atoms. The molecule has 0 atom stereocenters. The largest absolute Gasteiger partial charge is 0.266 e. The van der Waals surface area contributed by atoms with E-state index in [-0.39, 0.29) is 10.4 Å². The van der Waals surface area contributed by atoms with Crippen LogP contribution in [0, 0.1) is 31.6 Å². The zero-order valence-corrected chi connectivity index (χ0v) is 19.3. The predicted molar refractivity (Wildman–Crippen MR) is 122 cm³/mol. The highest BCUT2D eigenvalue weighted by Crippen LogP contribution is 2.58. The molecular formula is C24H29N5O2S. The highest BCUT2D eigenvalue weighted by molar-refractivity contribution is 7.92. The highest BCUT2D eigenvalue weighted by Gasteiger charge is 2.52. The Kier molecular flexibility index (Phi) is 4.35. The summed E-state index contributed by atoms with van der Waals surface area (Å²) in [6.07, 6.45) is 9.59. The van der Waals surface area contributed by atoms with Gasteiger partial charge in [0.2, 0.25) is 0 Å². The molecule has 1 aromatic carbocycles. The molecule has 4 saturated carbocycles.